The molecule has 0 bridgehead atoms. The van der Waals surface area contributed by atoms with Crippen LogP contribution in [0, 0.1) is 13.8 Å². The maximum Gasteiger partial charge on any atom is 0.492 e. The van der Waals surface area contributed by atoms with Crippen LogP contribution < -0.4 is 9.64 Å². The molecule has 7 heteroatoms. The fourth-order valence-corrected chi connectivity index (χ4v) is 3.42. The van der Waals surface area contributed by atoms with Crippen molar-refractivity contribution in [1.29, 1.82) is 0 Å². The number of alkyl halides is 3. The van der Waals surface area contributed by atoms with E-state index in [1.165, 1.54) is 12.1 Å². The topological polar surface area (TPSA) is 38.8 Å². The normalized spacial score (nSPS) is 21.6. The van der Waals surface area contributed by atoms with Gasteiger partial charge in [-0.2, -0.15) is 13.2 Å². The molecule has 2 heterocycles. The maximum absolute atomic E-state index is 14.0. The van der Waals surface area contributed by atoms with Gasteiger partial charge in [-0.25, -0.2) is 4.79 Å². The van der Waals surface area contributed by atoms with E-state index in [4.69, 9.17) is 9.47 Å². The monoisotopic (exact) mass is 349 g/mol. The second-order valence-corrected chi connectivity index (χ2v) is 6.24. The van der Waals surface area contributed by atoms with E-state index >= 15 is 0 Å². The van der Waals surface area contributed by atoms with E-state index in [-0.39, 0.29) is 23.5 Å². The Balaban J connectivity index is 1.98. The fraction of sp³-hybridized carbons (Fsp3) is 0.278. The third kappa shape index (κ3) is 2.11. The number of hydrogen-bond donors (Lipinski definition) is 0. The number of halogens is 3. The van der Waals surface area contributed by atoms with Gasteiger partial charge in [-0.3, -0.25) is 4.90 Å². The molecule has 0 saturated heterocycles. The van der Waals surface area contributed by atoms with Gasteiger partial charge in [-0.05, 0) is 31.5 Å². The minimum Gasteiger partial charge on any atom is -0.428 e. The molecule has 0 fully saturated rings. The smallest absolute Gasteiger partial charge is 0.428 e. The number of para-hydroxylation sites is 1. The minimum absolute atomic E-state index is 0.0817. The highest BCUT2D eigenvalue weighted by Gasteiger charge is 2.70. The number of rotatable bonds is 0. The molecule has 0 saturated carbocycles. The lowest BCUT2D eigenvalue weighted by Crippen LogP contribution is -2.69. The van der Waals surface area contributed by atoms with Crippen LogP contribution in [0.15, 0.2) is 36.4 Å². The zero-order valence-corrected chi connectivity index (χ0v) is 13.5. The van der Waals surface area contributed by atoms with Crippen LogP contribution in [0.4, 0.5) is 18.9 Å². The quantitative estimate of drug-likeness (QED) is 0.672. The van der Waals surface area contributed by atoms with Gasteiger partial charge >= 0.3 is 18.1 Å². The zero-order chi connectivity index (χ0) is 18.0. The zero-order valence-electron chi connectivity index (χ0n) is 13.5. The van der Waals surface area contributed by atoms with Crippen LogP contribution in [0.5, 0.6) is 5.75 Å². The van der Waals surface area contributed by atoms with Crippen LogP contribution >= 0.6 is 0 Å². The Kier molecular flexibility index (Phi) is 3.10. The predicted molar refractivity (Wildman–Crippen MR) is 83.4 cm³/mol. The Morgan fingerprint density at radius 2 is 1.84 bits per heavy atom. The van der Waals surface area contributed by atoms with Crippen LogP contribution in [0.1, 0.15) is 27.0 Å². The van der Waals surface area contributed by atoms with Crippen molar-refractivity contribution in [1.82, 2.24) is 0 Å². The minimum atomic E-state index is -4.94. The summed E-state index contributed by atoms with van der Waals surface area (Å²) in [5, 5.41) is 0. The molecular formula is C18H14F3NO3. The Bertz CT molecular complexity index is 894. The van der Waals surface area contributed by atoms with Gasteiger partial charge in [0.2, 0.25) is 0 Å². The van der Waals surface area contributed by atoms with Gasteiger partial charge in [0.05, 0.1) is 17.8 Å². The van der Waals surface area contributed by atoms with Gasteiger partial charge in [0.1, 0.15) is 5.75 Å². The molecule has 2 aromatic rings. The Labute approximate surface area is 141 Å². The summed E-state index contributed by atoms with van der Waals surface area (Å²) in [7, 11) is 0. The number of benzene rings is 2. The number of ether oxygens (including phenoxy) is 2. The highest BCUT2D eigenvalue weighted by molar-refractivity contribution is 5.98. The van der Waals surface area contributed by atoms with Gasteiger partial charge in [0, 0.05) is 5.56 Å². The fourth-order valence-electron chi connectivity index (χ4n) is 3.42. The number of carbonyl (C=O) groups is 1. The molecule has 2 aliphatic rings. The van der Waals surface area contributed by atoms with Crippen molar-refractivity contribution in [3.63, 3.8) is 0 Å². The van der Waals surface area contributed by atoms with Crippen molar-refractivity contribution >= 4 is 11.7 Å². The van der Waals surface area contributed by atoms with Crippen molar-refractivity contribution in [2.45, 2.75) is 32.5 Å². The van der Waals surface area contributed by atoms with Crippen molar-refractivity contribution in [2.75, 3.05) is 4.90 Å². The summed E-state index contributed by atoms with van der Waals surface area (Å²) < 4.78 is 52.2. The second kappa shape index (κ2) is 4.91. The summed E-state index contributed by atoms with van der Waals surface area (Å²) in [5.41, 5.74) is 2.32. The molecule has 1 unspecified atom stereocenters. The largest absolute Gasteiger partial charge is 0.492 e. The molecular weight excluding hydrogens is 335 g/mol. The molecule has 0 aromatic heterocycles. The van der Waals surface area contributed by atoms with Crippen molar-refractivity contribution in [3.05, 3.63) is 58.7 Å². The van der Waals surface area contributed by atoms with Crippen LogP contribution in [-0.4, -0.2) is 18.1 Å². The van der Waals surface area contributed by atoms with E-state index in [0.29, 0.717) is 11.1 Å². The number of esters is 1. The highest BCUT2D eigenvalue weighted by atomic mass is 19.4. The lowest BCUT2D eigenvalue weighted by Gasteiger charge is -2.49. The van der Waals surface area contributed by atoms with E-state index in [0.717, 1.165) is 10.5 Å². The summed E-state index contributed by atoms with van der Waals surface area (Å²) in [5.74, 6) is -4.12. The van der Waals surface area contributed by atoms with Gasteiger partial charge in [-0.1, -0.05) is 29.8 Å². The van der Waals surface area contributed by atoms with E-state index < -0.39 is 18.1 Å². The van der Waals surface area contributed by atoms with E-state index in [1.54, 1.807) is 31.2 Å². The molecule has 0 radical (unpaired) electrons. The number of hydrogen-bond acceptors (Lipinski definition) is 4. The predicted octanol–water partition coefficient (Wildman–Crippen LogP) is 4.09. The van der Waals surface area contributed by atoms with Crippen molar-refractivity contribution in [2.24, 2.45) is 0 Å². The highest BCUT2D eigenvalue weighted by Crippen LogP contribution is 2.50. The third-order valence-electron chi connectivity index (χ3n) is 4.42. The number of fused-ring (bicyclic) bond motifs is 4. The molecule has 2 aliphatic heterocycles. The van der Waals surface area contributed by atoms with Gasteiger partial charge in [-0.15, -0.1) is 0 Å². The van der Waals surface area contributed by atoms with Crippen LogP contribution in [0.3, 0.4) is 0 Å². The molecule has 2 aromatic carbocycles. The first-order chi connectivity index (χ1) is 11.7. The Hall–Kier alpha value is -2.70. The van der Waals surface area contributed by atoms with Gasteiger partial charge in [0.25, 0.3) is 0 Å². The van der Waals surface area contributed by atoms with E-state index in [2.05, 4.69) is 0 Å². The van der Waals surface area contributed by atoms with Gasteiger partial charge in [0.15, 0.2) is 0 Å². The molecule has 1 atom stereocenters. The first-order valence-corrected chi connectivity index (χ1v) is 7.69. The molecule has 25 heavy (non-hydrogen) atoms. The lowest BCUT2D eigenvalue weighted by molar-refractivity contribution is -0.337. The maximum atomic E-state index is 14.0. The van der Waals surface area contributed by atoms with Crippen LogP contribution in [0.25, 0.3) is 0 Å². The molecule has 0 N–H and O–H groups in total. The lowest BCUT2D eigenvalue weighted by atomic mass is 10.0. The SMILES string of the molecule is Cc1cc(C)c2c(c1)CN1c3ccccc3C(=O)OC1(C(F)(F)F)O2. The third-order valence-corrected chi connectivity index (χ3v) is 4.42. The van der Waals surface area contributed by atoms with Crippen LogP contribution in [-0.2, 0) is 11.3 Å². The molecule has 0 spiro atoms. The average Bonchev–Trinajstić information content (AvgIpc) is 2.53. The first kappa shape index (κ1) is 15.8. The van der Waals surface area contributed by atoms with Gasteiger partial charge < -0.3 is 9.47 Å². The van der Waals surface area contributed by atoms with E-state index in [9.17, 15) is 18.0 Å². The number of nitrogens with zero attached hydrogens (tertiary/aromatic N) is 1. The van der Waals surface area contributed by atoms with Crippen molar-refractivity contribution < 1.29 is 27.4 Å². The number of anilines is 1. The molecule has 4 nitrogen and oxygen atoms in total. The van der Waals surface area contributed by atoms with Crippen LogP contribution in [0.2, 0.25) is 0 Å². The standard InChI is InChI=1S/C18H14F3NO3/c1-10-7-11(2)15-12(8-10)9-22-14-6-4-3-5-13(14)16(23)25-18(22,24-15)17(19,20)21/h3-8H,9H2,1-2H3. The number of aryl methyl sites for hydroxylation is 2. The summed E-state index contributed by atoms with van der Waals surface area (Å²) in [6.45, 7) is 3.45. The van der Waals surface area contributed by atoms with Crippen molar-refractivity contribution in [3.8, 4) is 5.75 Å². The first-order valence-electron chi connectivity index (χ1n) is 7.69. The average molecular weight is 349 g/mol. The Morgan fingerprint density at radius 3 is 2.56 bits per heavy atom. The second-order valence-electron chi connectivity index (χ2n) is 6.24. The summed E-state index contributed by atoms with van der Waals surface area (Å²) in [6, 6.07) is 9.57. The summed E-state index contributed by atoms with van der Waals surface area (Å²) in [4.78, 5) is 13.2. The number of carbonyl (C=O) groups excluding carboxylic acids is 1. The molecule has 0 amide bonds. The molecule has 130 valence electrons. The Morgan fingerprint density at radius 1 is 1.12 bits per heavy atom. The molecule has 0 aliphatic carbocycles. The summed E-state index contributed by atoms with van der Waals surface area (Å²) >= 11 is 0. The summed E-state index contributed by atoms with van der Waals surface area (Å²) in [6.07, 6.45) is -4.94. The molecule has 4 rings (SSSR count). The van der Waals surface area contributed by atoms with E-state index in [1.807, 2.05) is 6.92 Å².